The maximum absolute atomic E-state index is 12.7. The van der Waals surface area contributed by atoms with Crippen molar-refractivity contribution in [3.8, 4) is 11.4 Å². The van der Waals surface area contributed by atoms with Crippen molar-refractivity contribution < 1.29 is 4.79 Å². The minimum absolute atomic E-state index is 0.123. The second kappa shape index (κ2) is 7.08. The van der Waals surface area contributed by atoms with Crippen molar-refractivity contribution in [2.45, 2.75) is 43.1 Å². The molecule has 132 valence electrons. The van der Waals surface area contributed by atoms with Crippen molar-refractivity contribution >= 4 is 17.5 Å². The second-order valence-corrected chi connectivity index (χ2v) is 8.07. The van der Waals surface area contributed by atoms with Gasteiger partial charge in [-0.3, -0.25) is 9.36 Å². The van der Waals surface area contributed by atoms with Gasteiger partial charge in [-0.05, 0) is 26.7 Å². The Morgan fingerprint density at radius 3 is 2.42 bits per heavy atom. The Morgan fingerprint density at radius 1 is 1.08 bits per heavy atom. The Bertz CT molecular complexity index is 914. The lowest BCUT2D eigenvalue weighted by atomic mass is 10.1. The molecular formula is C21H21N3OS. The first-order valence-corrected chi connectivity index (χ1v) is 9.79. The third-order valence-electron chi connectivity index (χ3n) is 4.60. The van der Waals surface area contributed by atoms with Crippen LogP contribution in [0.2, 0.25) is 0 Å². The van der Waals surface area contributed by atoms with Crippen molar-refractivity contribution in [1.82, 2.24) is 14.8 Å². The van der Waals surface area contributed by atoms with Crippen LogP contribution < -0.4 is 0 Å². The predicted molar refractivity (Wildman–Crippen MR) is 105 cm³/mol. The maximum Gasteiger partial charge on any atom is 0.192 e. The van der Waals surface area contributed by atoms with Gasteiger partial charge in [-0.2, -0.15) is 0 Å². The van der Waals surface area contributed by atoms with Gasteiger partial charge in [0.05, 0.1) is 5.25 Å². The van der Waals surface area contributed by atoms with E-state index in [9.17, 15) is 4.79 Å². The molecule has 1 aliphatic rings. The molecule has 2 aromatic carbocycles. The lowest BCUT2D eigenvalue weighted by molar-refractivity contribution is 0.0994. The van der Waals surface area contributed by atoms with Crippen LogP contribution in [0, 0.1) is 6.92 Å². The Kier molecular flexibility index (Phi) is 4.64. The fourth-order valence-corrected chi connectivity index (χ4v) is 3.96. The van der Waals surface area contributed by atoms with Gasteiger partial charge in [-0.15, -0.1) is 10.2 Å². The first-order chi connectivity index (χ1) is 12.6. The number of ketones is 1. The van der Waals surface area contributed by atoms with Crippen LogP contribution in [0.15, 0.2) is 59.8 Å². The smallest absolute Gasteiger partial charge is 0.192 e. The topological polar surface area (TPSA) is 47.8 Å². The summed E-state index contributed by atoms with van der Waals surface area (Å²) < 4.78 is 2.21. The molecule has 0 bridgehead atoms. The van der Waals surface area contributed by atoms with E-state index in [2.05, 4.69) is 46.0 Å². The highest BCUT2D eigenvalue weighted by molar-refractivity contribution is 8.00. The summed E-state index contributed by atoms with van der Waals surface area (Å²) in [5, 5.41) is 9.49. The molecule has 4 nitrogen and oxygen atoms in total. The van der Waals surface area contributed by atoms with Gasteiger partial charge in [0.1, 0.15) is 0 Å². The lowest BCUT2D eigenvalue weighted by Crippen LogP contribution is -2.14. The fraction of sp³-hybridized carbons (Fsp3) is 0.286. The average molecular weight is 363 g/mol. The van der Waals surface area contributed by atoms with Gasteiger partial charge >= 0.3 is 0 Å². The zero-order valence-corrected chi connectivity index (χ0v) is 15.7. The Labute approximate surface area is 157 Å². The van der Waals surface area contributed by atoms with E-state index in [0.717, 1.165) is 34.9 Å². The number of aryl methyl sites for hydroxylation is 1. The van der Waals surface area contributed by atoms with Crippen LogP contribution in [-0.4, -0.2) is 25.8 Å². The van der Waals surface area contributed by atoms with Gasteiger partial charge in [-0.25, -0.2) is 0 Å². The highest BCUT2D eigenvalue weighted by Crippen LogP contribution is 2.41. The SMILES string of the molecule is Cc1ccc(-c2nnc(SC(C)C(=O)c3ccccc3)n2C2CC2)cc1. The van der Waals surface area contributed by atoms with Crippen LogP contribution in [0.4, 0.5) is 0 Å². The predicted octanol–water partition coefficient (Wildman–Crippen LogP) is 4.95. The van der Waals surface area contributed by atoms with Crippen molar-refractivity contribution in [2.24, 2.45) is 0 Å². The number of nitrogens with zero attached hydrogens (tertiary/aromatic N) is 3. The molecule has 1 heterocycles. The summed E-state index contributed by atoms with van der Waals surface area (Å²) in [6, 6.07) is 18.3. The first-order valence-electron chi connectivity index (χ1n) is 8.91. The second-order valence-electron chi connectivity index (χ2n) is 6.76. The third-order valence-corrected chi connectivity index (χ3v) is 5.65. The molecule has 0 radical (unpaired) electrons. The van der Waals surface area contributed by atoms with Gasteiger partial charge in [0.25, 0.3) is 0 Å². The van der Waals surface area contributed by atoms with Gasteiger partial charge in [0.15, 0.2) is 16.8 Å². The summed E-state index contributed by atoms with van der Waals surface area (Å²) in [4.78, 5) is 12.7. The Morgan fingerprint density at radius 2 is 1.77 bits per heavy atom. The van der Waals surface area contributed by atoms with E-state index < -0.39 is 0 Å². The average Bonchev–Trinajstić information content (AvgIpc) is 3.43. The molecule has 3 aromatic rings. The molecule has 1 aromatic heterocycles. The lowest BCUT2D eigenvalue weighted by Gasteiger charge is -2.12. The van der Waals surface area contributed by atoms with Gasteiger partial charge in [0, 0.05) is 17.2 Å². The zero-order valence-electron chi connectivity index (χ0n) is 14.9. The summed E-state index contributed by atoms with van der Waals surface area (Å²) in [7, 11) is 0. The van der Waals surface area contributed by atoms with E-state index in [4.69, 9.17) is 0 Å². The summed E-state index contributed by atoms with van der Waals surface area (Å²) in [5.41, 5.74) is 3.04. The number of carbonyl (C=O) groups excluding carboxylic acids is 1. The molecule has 1 saturated carbocycles. The van der Waals surface area contributed by atoms with Crippen LogP contribution in [0.5, 0.6) is 0 Å². The van der Waals surface area contributed by atoms with E-state index in [1.807, 2.05) is 37.3 Å². The minimum Gasteiger partial charge on any atom is -0.299 e. The summed E-state index contributed by atoms with van der Waals surface area (Å²) in [5.74, 6) is 1.02. The number of carbonyl (C=O) groups is 1. The molecule has 5 heteroatoms. The maximum atomic E-state index is 12.7. The summed E-state index contributed by atoms with van der Waals surface area (Å²) in [6.45, 7) is 4.02. The standard InChI is InChI=1S/C21H21N3OS/c1-14-8-10-17(11-9-14)20-22-23-21(24(20)18-12-13-18)26-15(2)19(25)16-6-4-3-5-7-16/h3-11,15,18H,12-13H2,1-2H3. The molecular weight excluding hydrogens is 342 g/mol. The van der Waals surface area contributed by atoms with Crippen molar-refractivity contribution in [3.05, 3.63) is 65.7 Å². The third kappa shape index (κ3) is 3.44. The summed E-state index contributed by atoms with van der Waals surface area (Å²) >= 11 is 1.50. The molecule has 1 unspecified atom stereocenters. The molecule has 0 N–H and O–H groups in total. The molecule has 1 fully saturated rings. The van der Waals surface area contributed by atoms with Crippen LogP contribution in [0.25, 0.3) is 11.4 Å². The van der Waals surface area contributed by atoms with Crippen LogP contribution in [-0.2, 0) is 0 Å². The first kappa shape index (κ1) is 17.0. The van der Waals surface area contributed by atoms with Gasteiger partial charge in [0.2, 0.25) is 0 Å². The van der Waals surface area contributed by atoms with E-state index in [0.29, 0.717) is 6.04 Å². The quantitative estimate of drug-likeness (QED) is 0.459. The Hall–Kier alpha value is -2.40. The summed E-state index contributed by atoms with van der Waals surface area (Å²) in [6.07, 6.45) is 2.29. The number of hydrogen-bond acceptors (Lipinski definition) is 4. The molecule has 0 amide bonds. The molecule has 0 spiro atoms. The molecule has 4 rings (SSSR count). The van der Waals surface area contributed by atoms with Crippen LogP contribution in [0.3, 0.4) is 0 Å². The highest BCUT2D eigenvalue weighted by Gasteiger charge is 2.31. The minimum atomic E-state index is -0.204. The number of benzene rings is 2. The molecule has 26 heavy (non-hydrogen) atoms. The molecule has 1 atom stereocenters. The van der Waals surface area contributed by atoms with Gasteiger partial charge in [-0.1, -0.05) is 71.9 Å². The molecule has 1 aliphatic carbocycles. The van der Waals surface area contributed by atoms with Crippen LogP contribution in [0.1, 0.15) is 41.7 Å². The van der Waals surface area contributed by atoms with Gasteiger partial charge < -0.3 is 0 Å². The number of rotatable bonds is 6. The highest BCUT2D eigenvalue weighted by atomic mass is 32.2. The van der Waals surface area contributed by atoms with Crippen molar-refractivity contribution in [3.63, 3.8) is 0 Å². The van der Waals surface area contributed by atoms with E-state index in [1.165, 1.54) is 17.3 Å². The number of thioether (sulfide) groups is 1. The monoisotopic (exact) mass is 363 g/mol. The molecule has 0 aliphatic heterocycles. The Balaban J connectivity index is 1.61. The fourth-order valence-electron chi connectivity index (χ4n) is 2.97. The number of aromatic nitrogens is 3. The van der Waals surface area contributed by atoms with Crippen molar-refractivity contribution in [2.75, 3.05) is 0 Å². The zero-order chi connectivity index (χ0) is 18.1. The van der Waals surface area contributed by atoms with Crippen molar-refractivity contribution in [1.29, 1.82) is 0 Å². The number of hydrogen-bond donors (Lipinski definition) is 0. The van der Waals surface area contributed by atoms with Crippen LogP contribution >= 0.6 is 11.8 Å². The van der Waals surface area contributed by atoms with E-state index in [-0.39, 0.29) is 11.0 Å². The van der Waals surface area contributed by atoms with E-state index in [1.54, 1.807) is 0 Å². The molecule has 0 saturated heterocycles. The van der Waals surface area contributed by atoms with E-state index >= 15 is 0 Å². The normalized spacial score (nSPS) is 15.0. The number of Topliss-reactive ketones (excluding diaryl/α,β-unsaturated/α-hetero) is 1. The largest absolute Gasteiger partial charge is 0.299 e.